The van der Waals surface area contributed by atoms with Gasteiger partial charge in [0.2, 0.25) is 11.8 Å². The molecule has 0 aromatic rings. The van der Waals surface area contributed by atoms with Crippen molar-refractivity contribution in [2.45, 2.75) is 40.5 Å². The highest BCUT2D eigenvalue weighted by molar-refractivity contribution is 5.97. The Hall–Kier alpha value is -2.78. The van der Waals surface area contributed by atoms with E-state index in [2.05, 4.69) is 10.1 Å². The van der Waals surface area contributed by atoms with E-state index in [1.54, 1.807) is 6.92 Å². The average molecular weight is 374 g/mol. The van der Waals surface area contributed by atoms with Crippen molar-refractivity contribution in [2.24, 2.45) is 0 Å². The Labute approximate surface area is 151 Å². The molecule has 0 heterocycles. The molecule has 0 saturated carbocycles. The second kappa shape index (κ2) is 14.6. The molecular weight excluding hydrogens is 348 g/mol. The number of nitrogens with one attached hydrogen (secondary N) is 1. The molecule has 148 valence electrons. The van der Waals surface area contributed by atoms with Crippen LogP contribution in [0.25, 0.3) is 0 Å². The predicted molar refractivity (Wildman–Crippen MR) is 90.1 cm³/mol. The fourth-order valence-electron chi connectivity index (χ4n) is 1.54. The summed E-state index contributed by atoms with van der Waals surface area (Å²) in [4.78, 5) is 64.7. The number of rotatable bonds is 10. The maximum absolute atomic E-state index is 11.2. The minimum atomic E-state index is -1.07. The molecule has 0 saturated heterocycles. The third kappa shape index (κ3) is 17.6. The predicted octanol–water partition coefficient (Wildman–Crippen LogP) is -0.457. The summed E-state index contributed by atoms with van der Waals surface area (Å²) in [5, 5.41) is 10.9. The van der Waals surface area contributed by atoms with Crippen molar-refractivity contribution in [3.05, 3.63) is 0 Å². The molecule has 2 amide bonds. The fraction of sp³-hybridized carbons (Fsp3) is 0.625. The molecule has 26 heavy (non-hydrogen) atoms. The molecule has 0 aromatic carbocycles. The average Bonchev–Trinajstić information content (AvgIpc) is 2.48. The number of esters is 1. The Bertz CT molecular complexity index is 530. The van der Waals surface area contributed by atoms with Gasteiger partial charge in [0.05, 0.1) is 19.4 Å². The van der Waals surface area contributed by atoms with Crippen LogP contribution < -0.4 is 5.32 Å². The second-order valence-electron chi connectivity index (χ2n) is 5.25. The van der Waals surface area contributed by atoms with Crippen LogP contribution >= 0.6 is 0 Å². The first kappa shape index (κ1) is 25.5. The van der Waals surface area contributed by atoms with Gasteiger partial charge in [-0.05, 0) is 20.8 Å². The molecule has 0 aliphatic rings. The third-order valence-corrected chi connectivity index (χ3v) is 2.60. The number of aliphatic carboxylic acids is 1. The summed E-state index contributed by atoms with van der Waals surface area (Å²) in [6, 6.07) is 0. The molecular formula is C16H26N2O8. The lowest BCUT2D eigenvalue weighted by molar-refractivity contribution is -0.145. The molecule has 0 fully saturated rings. The maximum atomic E-state index is 11.2. The SMILES string of the molecule is CC(=O)CC(=O)NCCOC(C)=O.CCN(CC(=O)O)C(=O)CC(C)=O. The monoisotopic (exact) mass is 374 g/mol. The van der Waals surface area contributed by atoms with Gasteiger partial charge in [-0.15, -0.1) is 0 Å². The highest BCUT2D eigenvalue weighted by Gasteiger charge is 2.15. The maximum Gasteiger partial charge on any atom is 0.323 e. The van der Waals surface area contributed by atoms with Crippen molar-refractivity contribution in [3.8, 4) is 0 Å². The van der Waals surface area contributed by atoms with Crippen LogP contribution in [0, 0.1) is 0 Å². The lowest BCUT2D eigenvalue weighted by Gasteiger charge is -2.17. The van der Waals surface area contributed by atoms with Gasteiger partial charge in [0, 0.05) is 13.5 Å². The molecule has 0 aliphatic heterocycles. The Balaban J connectivity index is 0. The normalized spacial score (nSPS) is 9.23. The van der Waals surface area contributed by atoms with Crippen LogP contribution in [0.1, 0.15) is 40.5 Å². The van der Waals surface area contributed by atoms with Crippen LogP contribution in [0.5, 0.6) is 0 Å². The number of ether oxygens (including phenoxy) is 1. The van der Waals surface area contributed by atoms with Gasteiger partial charge in [-0.1, -0.05) is 0 Å². The van der Waals surface area contributed by atoms with Crippen molar-refractivity contribution in [3.63, 3.8) is 0 Å². The molecule has 0 spiro atoms. The van der Waals surface area contributed by atoms with Gasteiger partial charge in [-0.25, -0.2) is 0 Å². The first-order valence-corrected chi connectivity index (χ1v) is 7.88. The topological polar surface area (TPSA) is 147 Å². The Morgan fingerprint density at radius 2 is 1.50 bits per heavy atom. The third-order valence-electron chi connectivity index (χ3n) is 2.60. The van der Waals surface area contributed by atoms with Crippen LogP contribution in [0.2, 0.25) is 0 Å². The zero-order valence-electron chi connectivity index (χ0n) is 15.5. The first-order valence-electron chi connectivity index (χ1n) is 7.88. The second-order valence-corrected chi connectivity index (χ2v) is 5.25. The van der Waals surface area contributed by atoms with Crippen LogP contribution in [-0.4, -0.2) is 71.6 Å². The van der Waals surface area contributed by atoms with E-state index < -0.39 is 11.9 Å². The summed E-state index contributed by atoms with van der Waals surface area (Å²) in [5.74, 6) is -2.68. The van der Waals surface area contributed by atoms with Crippen LogP contribution in [0.15, 0.2) is 0 Å². The van der Waals surface area contributed by atoms with Crippen molar-refractivity contribution in [1.29, 1.82) is 0 Å². The molecule has 0 aliphatic carbocycles. The number of ketones is 2. The van der Waals surface area contributed by atoms with Crippen LogP contribution in [0.3, 0.4) is 0 Å². The lowest BCUT2D eigenvalue weighted by Crippen LogP contribution is -2.36. The first-order chi connectivity index (χ1) is 12.0. The number of nitrogens with zero attached hydrogens (tertiary/aromatic N) is 1. The van der Waals surface area contributed by atoms with E-state index in [0.29, 0.717) is 6.54 Å². The summed E-state index contributed by atoms with van der Waals surface area (Å²) < 4.78 is 4.56. The highest BCUT2D eigenvalue weighted by Crippen LogP contribution is 1.94. The molecule has 0 rings (SSSR count). The largest absolute Gasteiger partial charge is 0.480 e. The highest BCUT2D eigenvalue weighted by atomic mass is 16.5. The zero-order valence-corrected chi connectivity index (χ0v) is 15.5. The quantitative estimate of drug-likeness (QED) is 0.297. The van der Waals surface area contributed by atoms with Gasteiger partial charge in [0.1, 0.15) is 24.7 Å². The molecule has 10 nitrogen and oxygen atoms in total. The van der Waals surface area contributed by atoms with E-state index in [4.69, 9.17) is 5.11 Å². The van der Waals surface area contributed by atoms with Crippen molar-refractivity contribution < 1.29 is 38.6 Å². The number of amides is 2. The molecule has 10 heteroatoms. The number of Topliss-reactive ketones (excluding diaryl/α,β-unsaturated/α-hetero) is 2. The molecule has 0 atom stereocenters. The summed E-state index contributed by atoms with van der Waals surface area (Å²) in [6.45, 7) is 5.93. The van der Waals surface area contributed by atoms with E-state index in [9.17, 15) is 28.8 Å². The van der Waals surface area contributed by atoms with Crippen molar-refractivity contribution in [1.82, 2.24) is 10.2 Å². The lowest BCUT2D eigenvalue weighted by atomic mass is 10.3. The van der Waals surface area contributed by atoms with E-state index in [0.717, 1.165) is 4.90 Å². The number of carboxylic acids is 1. The number of carbonyl (C=O) groups is 6. The van der Waals surface area contributed by atoms with Crippen molar-refractivity contribution in [2.75, 3.05) is 26.2 Å². The summed E-state index contributed by atoms with van der Waals surface area (Å²) in [5.41, 5.74) is 0. The molecule has 0 aromatic heterocycles. The van der Waals surface area contributed by atoms with E-state index in [1.165, 1.54) is 20.8 Å². The summed E-state index contributed by atoms with van der Waals surface area (Å²) in [7, 11) is 0. The Morgan fingerprint density at radius 1 is 0.962 bits per heavy atom. The van der Waals surface area contributed by atoms with Gasteiger partial charge in [-0.3, -0.25) is 28.8 Å². The summed E-state index contributed by atoms with van der Waals surface area (Å²) >= 11 is 0. The molecule has 0 unspecified atom stereocenters. The number of hydrogen-bond acceptors (Lipinski definition) is 7. The molecule has 0 radical (unpaired) electrons. The number of carboxylic acid groups (broad SMARTS) is 1. The summed E-state index contributed by atoms with van der Waals surface area (Å²) in [6.07, 6.45) is -0.346. The number of hydrogen-bond donors (Lipinski definition) is 2. The number of likely N-dealkylation sites (N-methyl/N-ethyl adjacent to an activating group) is 1. The molecule has 0 bridgehead atoms. The Kier molecular flexibility index (Phi) is 14.3. The van der Waals surface area contributed by atoms with Crippen LogP contribution in [0.4, 0.5) is 0 Å². The van der Waals surface area contributed by atoms with Gasteiger partial charge in [-0.2, -0.15) is 0 Å². The number of carbonyl (C=O) groups excluding carboxylic acids is 5. The van der Waals surface area contributed by atoms with Gasteiger partial charge in [0.25, 0.3) is 0 Å². The fourth-order valence-corrected chi connectivity index (χ4v) is 1.54. The van der Waals surface area contributed by atoms with Crippen molar-refractivity contribution >= 4 is 35.3 Å². The van der Waals surface area contributed by atoms with E-state index in [1.807, 2.05) is 0 Å². The van der Waals surface area contributed by atoms with E-state index >= 15 is 0 Å². The minimum absolute atomic E-state index is 0.125. The van der Waals surface area contributed by atoms with Crippen LogP contribution in [-0.2, 0) is 33.5 Å². The van der Waals surface area contributed by atoms with Gasteiger partial charge < -0.3 is 20.1 Å². The van der Waals surface area contributed by atoms with Gasteiger partial charge >= 0.3 is 11.9 Å². The Morgan fingerprint density at radius 3 is 1.88 bits per heavy atom. The van der Waals surface area contributed by atoms with E-state index in [-0.39, 0.29) is 56.0 Å². The standard InChI is InChI=1S/2C8H13NO4/c1-6(10)5-8(12)9-3-4-13-7(2)11;1-3-9(5-8(12)13)7(11)4-6(2)10/h3-5H2,1-2H3,(H,9,12);3-5H2,1-2H3,(H,12,13). The smallest absolute Gasteiger partial charge is 0.323 e. The van der Waals surface area contributed by atoms with Gasteiger partial charge in [0.15, 0.2) is 0 Å². The minimum Gasteiger partial charge on any atom is -0.480 e. The molecule has 2 N–H and O–H groups in total. The zero-order chi connectivity index (χ0) is 20.7.